The molecule has 1 aromatic rings. The monoisotopic (exact) mass is 265 g/mol. The zero-order valence-corrected chi connectivity index (χ0v) is 10.3. The van der Waals surface area contributed by atoms with Crippen molar-refractivity contribution in [3.63, 3.8) is 0 Å². The number of halogens is 3. The van der Waals surface area contributed by atoms with Gasteiger partial charge in [-0.05, 0) is 38.1 Å². The Bertz CT molecular complexity index is 343. The predicted molar refractivity (Wildman–Crippen MR) is 65.2 cm³/mol. The van der Waals surface area contributed by atoms with Crippen molar-refractivity contribution in [3.8, 4) is 5.75 Å². The molecule has 1 aliphatic rings. The highest BCUT2D eigenvalue weighted by Crippen LogP contribution is 2.27. The largest absolute Gasteiger partial charge is 0.489 e. The second kappa shape index (κ2) is 6.28. The van der Waals surface area contributed by atoms with E-state index in [-0.39, 0.29) is 24.3 Å². The summed E-state index contributed by atoms with van der Waals surface area (Å²) >= 11 is 5.91. The van der Waals surface area contributed by atoms with Crippen LogP contribution in [0.4, 0.5) is 4.39 Å². The van der Waals surface area contributed by atoms with Crippen molar-refractivity contribution in [2.45, 2.75) is 18.9 Å². The number of hydrogen-bond acceptors (Lipinski definition) is 2. The predicted octanol–water partition coefficient (Wildman–Crippen LogP) is 3.03. The Hall–Kier alpha value is -0.510. The van der Waals surface area contributed by atoms with Gasteiger partial charge in [-0.3, -0.25) is 0 Å². The van der Waals surface area contributed by atoms with Gasteiger partial charge in [0.1, 0.15) is 17.7 Å². The summed E-state index contributed by atoms with van der Waals surface area (Å²) in [6.45, 7) is 1.88. The SMILES string of the molecule is Cl.Fc1ccc(Cl)c(OC2CCNCC2)c1. The number of benzene rings is 1. The van der Waals surface area contributed by atoms with Gasteiger partial charge in [0.05, 0.1) is 5.02 Å². The molecule has 0 amide bonds. The van der Waals surface area contributed by atoms with Gasteiger partial charge in [0.15, 0.2) is 0 Å². The molecule has 1 N–H and O–H groups in total. The third kappa shape index (κ3) is 3.51. The first-order valence-electron chi connectivity index (χ1n) is 5.08. The molecule has 0 aliphatic carbocycles. The van der Waals surface area contributed by atoms with Gasteiger partial charge in [-0.15, -0.1) is 12.4 Å². The summed E-state index contributed by atoms with van der Waals surface area (Å²) in [6, 6.07) is 4.19. The van der Waals surface area contributed by atoms with Crippen molar-refractivity contribution >= 4 is 24.0 Å². The Morgan fingerprint density at radius 3 is 2.69 bits per heavy atom. The average Bonchev–Trinajstić information content (AvgIpc) is 2.25. The van der Waals surface area contributed by atoms with Crippen LogP contribution in [-0.2, 0) is 0 Å². The molecule has 0 unspecified atom stereocenters. The van der Waals surface area contributed by atoms with E-state index in [1.165, 1.54) is 18.2 Å². The number of nitrogens with one attached hydrogen (secondary N) is 1. The topological polar surface area (TPSA) is 21.3 Å². The Morgan fingerprint density at radius 2 is 2.00 bits per heavy atom. The summed E-state index contributed by atoms with van der Waals surface area (Å²) in [6.07, 6.45) is 2.02. The van der Waals surface area contributed by atoms with Crippen LogP contribution < -0.4 is 10.1 Å². The van der Waals surface area contributed by atoms with Crippen molar-refractivity contribution < 1.29 is 9.13 Å². The molecule has 0 spiro atoms. The number of rotatable bonds is 2. The highest BCUT2D eigenvalue weighted by atomic mass is 35.5. The molecular weight excluding hydrogens is 252 g/mol. The molecule has 5 heteroatoms. The number of piperidine rings is 1. The Balaban J connectivity index is 0.00000128. The summed E-state index contributed by atoms with van der Waals surface area (Å²) < 4.78 is 18.6. The van der Waals surface area contributed by atoms with Gasteiger partial charge in [-0.25, -0.2) is 4.39 Å². The molecule has 0 atom stereocenters. The van der Waals surface area contributed by atoms with E-state index >= 15 is 0 Å². The molecule has 0 aromatic heterocycles. The molecule has 0 saturated carbocycles. The molecule has 0 bridgehead atoms. The third-order valence-corrected chi connectivity index (χ3v) is 2.79. The van der Waals surface area contributed by atoms with Crippen molar-refractivity contribution in [1.82, 2.24) is 5.32 Å². The van der Waals surface area contributed by atoms with Gasteiger partial charge in [0.25, 0.3) is 0 Å². The second-order valence-corrected chi connectivity index (χ2v) is 4.05. The lowest BCUT2D eigenvalue weighted by molar-refractivity contribution is 0.162. The first kappa shape index (κ1) is 13.6. The maximum absolute atomic E-state index is 13.0. The van der Waals surface area contributed by atoms with E-state index in [0.717, 1.165) is 25.9 Å². The van der Waals surface area contributed by atoms with Gasteiger partial charge in [-0.1, -0.05) is 11.6 Å². The van der Waals surface area contributed by atoms with Crippen molar-refractivity contribution in [2.75, 3.05) is 13.1 Å². The van der Waals surface area contributed by atoms with Crippen molar-refractivity contribution in [2.24, 2.45) is 0 Å². The third-order valence-electron chi connectivity index (χ3n) is 2.47. The fourth-order valence-corrected chi connectivity index (χ4v) is 1.82. The van der Waals surface area contributed by atoms with Gasteiger partial charge < -0.3 is 10.1 Å². The second-order valence-electron chi connectivity index (χ2n) is 3.64. The van der Waals surface area contributed by atoms with Crippen LogP contribution >= 0.6 is 24.0 Å². The van der Waals surface area contributed by atoms with E-state index in [2.05, 4.69) is 5.32 Å². The normalized spacial score (nSPS) is 16.6. The van der Waals surface area contributed by atoms with Gasteiger partial charge >= 0.3 is 0 Å². The smallest absolute Gasteiger partial charge is 0.141 e. The average molecular weight is 266 g/mol. The lowest BCUT2D eigenvalue weighted by Gasteiger charge is -2.24. The van der Waals surface area contributed by atoms with E-state index in [1.807, 2.05) is 0 Å². The first-order valence-corrected chi connectivity index (χ1v) is 5.46. The zero-order valence-electron chi connectivity index (χ0n) is 8.71. The lowest BCUT2D eigenvalue weighted by Crippen LogP contribution is -2.34. The molecule has 2 rings (SSSR count). The van der Waals surface area contributed by atoms with E-state index in [4.69, 9.17) is 16.3 Å². The van der Waals surface area contributed by atoms with Gasteiger partial charge in [0, 0.05) is 6.07 Å². The number of hydrogen-bond donors (Lipinski definition) is 1. The van der Waals surface area contributed by atoms with Crippen LogP contribution in [0.5, 0.6) is 5.75 Å². The van der Waals surface area contributed by atoms with Crippen molar-refractivity contribution in [1.29, 1.82) is 0 Å². The summed E-state index contributed by atoms with van der Waals surface area (Å²) in [4.78, 5) is 0. The standard InChI is InChI=1S/C11H13ClFNO.ClH/c12-10-2-1-8(13)7-11(10)15-9-3-5-14-6-4-9;/h1-2,7,9,14H,3-6H2;1H. The van der Waals surface area contributed by atoms with Crippen molar-refractivity contribution in [3.05, 3.63) is 29.0 Å². The van der Waals surface area contributed by atoms with E-state index in [1.54, 1.807) is 0 Å². The fraction of sp³-hybridized carbons (Fsp3) is 0.455. The molecule has 90 valence electrons. The Kier molecular flexibility index (Phi) is 5.32. The molecule has 2 nitrogen and oxygen atoms in total. The highest BCUT2D eigenvalue weighted by Gasteiger charge is 2.15. The molecule has 1 aromatic carbocycles. The molecular formula is C11H14Cl2FNO. The first-order chi connectivity index (χ1) is 7.25. The molecule has 1 fully saturated rings. The molecule has 0 radical (unpaired) electrons. The lowest BCUT2D eigenvalue weighted by atomic mass is 10.1. The van der Waals surface area contributed by atoms with E-state index in [0.29, 0.717) is 10.8 Å². The Morgan fingerprint density at radius 1 is 1.31 bits per heavy atom. The summed E-state index contributed by atoms with van der Waals surface area (Å²) in [5.41, 5.74) is 0. The zero-order chi connectivity index (χ0) is 10.7. The number of ether oxygens (including phenoxy) is 1. The minimum Gasteiger partial charge on any atom is -0.489 e. The maximum Gasteiger partial charge on any atom is 0.141 e. The van der Waals surface area contributed by atoms with E-state index in [9.17, 15) is 4.39 Å². The van der Waals surface area contributed by atoms with Crippen LogP contribution in [0.3, 0.4) is 0 Å². The summed E-state index contributed by atoms with van der Waals surface area (Å²) in [5.74, 6) is 0.131. The maximum atomic E-state index is 13.0. The molecule has 1 saturated heterocycles. The van der Waals surface area contributed by atoms with Gasteiger partial charge in [-0.2, -0.15) is 0 Å². The fourth-order valence-electron chi connectivity index (χ4n) is 1.66. The highest BCUT2D eigenvalue weighted by molar-refractivity contribution is 6.32. The molecule has 1 heterocycles. The van der Waals surface area contributed by atoms with Crippen LogP contribution in [-0.4, -0.2) is 19.2 Å². The van der Waals surface area contributed by atoms with E-state index < -0.39 is 0 Å². The van der Waals surface area contributed by atoms with Crippen LogP contribution in [0.15, 0.2) is 18.2 Å². The minimum absolute atomic E-state index is 0. The summed E-state index contributed by atoms with van der Waals surface area (Å²) in [5, 5.41) is 3.71. The van der Waals surface area contributed by atoms with Crippen LogP contribution in [0.25, 0.3) is 0 Å². The van der Waals surface area contributed by atoms with Crippen LogP contribution in [0.2, 0.25) is 5.02 Å². The summed E-state index contributed by atoms with van der Waals surface area (Å²) in [7, 11) is 0. The molecule has 1 aliphatic heterocycles. The van der Waals surface area contributed by atoms with Crippen LogP contribution in [0.1, 0.15) is 12.8 Å². The Labute approximate surface area is 106 Å². The van der Waals surface area contributed by atoms with Crippen LogP contribution in [0, 0.1) is 5.82 Å². The minimum atomic E-state index is -0.316. The quantitative estimate of drug-likeness (QED) is 0.888. The van der Waals surface area contributed by atoms with Gasteiger partial charge in [0.2, 0.25) is 0 Å². The molecule has 16 heavy (non-hydrogen) atoms.